The number of nitrogens with zero attached hydrogens (tertiary/aromatic N) is 1. The lowest BCUT2D eigenvalue weighted by molar-refractivity contribution is 0.676. The van der Waals surface area contributed by atoms with Crippen molar-refractivity contribution in [3.05, 3.63) is 22.8 Å². The second kappa shape index (κ2) is 2.91. The molecule has 1 heterocycles. The highest BCUT2D eigenvalue weighted by Gasteiger charge is 2.03. The van der Waals surface area contributed by atoms with E-state index in [1.54, 1.807) is 12.1 Å². The van der Waals surface area contributed by atoms with Crippen LogP contribution in [0.15, 0.2) is 27.8 Å². The van der Waals surface area contributed by atoms with Crippen molar-refractivity contribution < 1.29 is 4.21 Å². The van der Waals surface area contributed by atoms with Crippen LogP contribution in [-0.4, -0.2) is 15.4 Å². The summed E-state index contributed by atoms with van der Waals surface area (Å²) in [5.74, 6) is 0. The highest BCUT2D eigenvalue weighted by Crippen LogP contribution is 2.12. The Labute approximate surface area is 74.0 Å². The third kappa shape index (κ3) is 2.27. The fourth-order valence-electron chi connectivity index (χ4n) is 0.598. The van der Waals surface area contributed by atoms with Gasteiger partial charge in [0.1, 0.15) is 5.03 Å². The van der Waals surface area contributed by atoms with Crippen molar-refractivity contribution in [3.63, 3.8) is 0 Å². The Bertz CT molecular complexity index is 361. The summed E-state index contributed by atoms with van der Waals surface area (Å²) < 4.78 is 19.1. The lowest BCUT2D eigenvalue weighted by Crippen LogP contribution is -1.97. The Morgan fingerprint density at radius 3 is 2.73 bits per heavy atom. The molecule has 1 rings (SSSR count). The van der Waals surface area contributed by atoms with Crippen LogP contribution in [-0.2, 0) is 9.73 Å². The third-order valence-electron chi connectivity index (χ3n) is 1.10. The Morgan fingerprint density at radius 2 is 2.36 bits per heavy atom. The molecule has 60 valence electrons. The summed E-state index contributed by atoms with van der Waals surface area (Å²) in [6, 6.07) is 3.32. The van der Waals surface area contributed by atoms with Crippen LogP contribution < -0.4 is 0 Å². The highest BCUT2D eigenvalue weighted by atomic mass is 79.9. The lowest BCUT2D eigenvalue weighted by Gasteiger charge is -1.98. The fourth-order valence-corrected chi connectivity index (χ4v) is 1.70. The molecule has 0 aromatic carbocycles. The smallest absolute Gasteiger partial charge is 0.136 e. The average Bonchev–Trinajstić information content (AvgIpc) is 1.86. The van der Waals surface area contributed by atoms with Crippen molar-refractivity contribution in [2.24, 2.45) is 0 Å². The van der Waals surface area contributed by atoms with Gasteiger partial charge in [0.25, 0.3) is 0 Å². The molecule has 11 heavy (non-hydrogen) atoms. The maximum absolute atomic E-state index is 11.1. The van der Waals surface area contributed by atoms with Crippen LogP contribution in [0.1, 0.15) is 0 Å². The van der Waals surface area contributed by atoms with Crippen molar-refractivity contribution in [3.8, 4) is 0 Å². The summed E-state index contributed by atoms with van der Waals surface area (Å²) in [6.45, 7) is 0. The fraction of sp³-hybridized carbons (Fsp3) is 0.167. The molecule has 0 aliphatic carbocycles. The zero-order valence-corrected chi connectivity index (χ0v) is 8.28. The Balaban J connectivity index is 3.28. The predicted octanol–water partition coefficient (Wildman–Crippen LogP) is 1.88. The van der Waals surface area contributed by atoms with E-state index in [0.29, 0.717) is 5.03 Å². The summed E-state index contributed by atoms with van der Waals surface area (Å²) >= 11 is 3.21. The van der Waals surface area contributed by atoms with Crippen molar-refractivity contribution >= 4 is 25.7 Å². The van der Waals surface area contributed by atoms with E-state index < -0.39 is 9.73 Å². The molecule has 1 aromatic rings. The number of pyridine rings is 1. The number of hydrogen-bond donors (Lipinski definition) is 1. The molecule has 0 bridgehead atoms. The maximum atomic E-state index is 11.1. The van der Waals surface area contributed by atoms with E-state index in [4.69, 9.17) is 4.78 Å². The molecule has 1 atom stereocenters. The standard InChI is InChI=1S/C6H7BrN2OS/c1-11(8,10)6-4-5(7)2-3-9-6/h2-4,8H,1H3. The van der Waals surface area contributed by atoms with Gasteiger partial charge in [-0.15, -0.1) is 0 Å². The first-order chi connectivity index (χ1) is 5.00. The predicted molar refractivity (Wildman–Crippen MR) is 47.0 cm³/mol. The molecule has 1 N–H and O–H groups in total. The van der Waals surface area contributed by atoms with Gasteiger partial charge in [0.2, 0.25) is 0 Å². The highest BCUT2D eigenvalue weighted by molar-refractivity contribution is 9.10. The van der Waals surface area contributed by atoms with Crippen LogP contribution in [0.3, 0.4) is 0 Å². The van der Waals surface area contributed by atoms with Crippen molar-refractivity contribution in [2.45, 2.75) is 5.03 Å². The first-order valence-electron chi connectivity index (χ1n) is 2.85. The number of nitrogens with one attached hydrogen (secondary N) is 1. The number of aromatic nitrogens is 1. The van der Waals surface area contributed by atoms with Crippen LogP contribution >= 0.6 is 15.9 Å². The zero-order chi connectivity index (χ0) is 8.48. The van der Waals surface area contributed by atoms with Gasteiger partial charge in [-0.3, -0.25) is 0 Å². The van der Waals surface area contributed by atoms with Gasteiger partial charge in [-0.05, 0) is 12.1 Å². The molecule has 3 nitrogen and oxygen atoms in total. The molecule has 0 spiro atoms. The van der Waals surface area contributed by atoms with E-state index >= 15 is 0 Å². The summed E-state index contributed by atoms with van der Waals surface area (Å²) in [5.41, 5.74) is 0. The maximum Gasteiger partial charge on any atom is 0.136 e. The van der Waals surface area contributed by atoms with Gasteiger partial charge in [0, 0.05) is 16.9 Å². The average molecular weight is 235 g/mol. The van der Waals surface area contributed by atoms with Crippen LogP contribution in [0.2, 0.25) is 0 Å². The monoisotopic (exact) mass is 234 g/mol. The number of halogens is 1. The quantitative estimate of drug-likeness (QED) is 0.807. The molecular formula is C6H7BrN2OS. The minimum absolute atomic E-state index is 0.312. The first kappa shape index (κ1) is 8.67. The minimum Gasteiger partial charge on any atom is -0.248 e. The Morgan fingerprint density at radius 1 is 1.73 bits per heavy atom. The number of rotatable bonds is 1. The van der Waals surface area contributed by atoms with Gasteiger partial charge in [0.15, 0.2) is 0 Å². The Hall–Kier alpha value is -0.420. The van der Waals surface area contributed by atoms with Crippen molar-refractivity contribution in [2.75, 3.05) is 6.26 Å². The van der Waals surface area contributed by atoms with Crippen LogP contribution in [0.25, 0.3) is 0 Å². The van der Waals surface area contributed by atoms with Crippen LogP contribution in [0.4, 0.5) is 0 Å². The van der Waals surface area contributed by atoms with E-state index in [1.807, 2.05) is 0 Å². The normalized spacial score (nSPS) is 15.8. The van der Waals surface area contributed by atoms with Gasteiger partial charge >= 0.3 is 0 Å². The summed E-state index contributed by atoms with van der Waals surface area (Å²) in [4.78, 5) is 3.82. The third-order valence-corrected chi connectivity index (χ3v) is 2.61. The molecule has 0 aliphatic heterocycles. The van der Waals surface area contributed by atoms with Gasteiger partial charge < -0.3 is 0 Å². The SMILES string of the molecule is CS(=N)(=O)c1cc(Br)ccn1. The van der Waals surface area contributed by atoms with E-state index in [0.717, 1.165) is 4.47 Å². The van der Waals surface area contributed by atoms with Crippen molar-refractivity contribution in [1.29, 1.82) is 4.78 Å². The zero-order valence-electron chi connectivity index (χ0n) is 5.87. The first-order valence-corrected chi connectivity index (χ1v) is 5.61. The van der Waals surface area contributed by atoms with E-state index in [-0.39, 0.29) is 0 Å². The summed E-state index contributed by atoms with van der Waals surface area (Å²) in [5, 5.41) is 0.312. The summed E-state index contributed by atoms with van der Waals surface area (Å²) in [6.07, 6.45) is 2.87. The van der Waals surface area contributed by atoms with E-state index in [1.165, 1.54) is 12.5 Å². The van der Waals surface area contributed by atoms with E-state index in [9.17, 15) is 4.21 Å². The minimum atomic E-state index is -2.67. The van der Waals surface area contributed by atoms with Crippen molar-refractivity contribution in [1.82, 2.24) is 4.98 Å². The lowest BCUT2D eigenvalue weighted by atomic mass is 10.5. The number of hydrogen-bond acceptors (Lipinski definition) is 3. The second-order valence-electron chi connectivity index (χ2n) is 2.16. The molecular weight excluding hydrogens is 228 g/mol. The largest absolute Gasteiger partial charge is 0.248 e. The molecule has 0 radical (unpaired) electrons. The molecule has 1 aromatic heterocycles. The van der Waals surface area contributed by atoms with Gasteiger partial charge in [0.05, 0.1) is 9.73 Å². The van der Waals surface area contributed by atoms with Crippen LogP contribution in [0, 0.1) is 4.78 Å². The van der Waals surface area contributed by atoms with E-state index in [2.05, 4.69) is 20.9 Å². The molecule has 0 saturated carbocycles. The molecule has 5 heteroatoms. The molecule has 0 amide bonds. The Kier molecular flexibility index (Phi) is 2.29. The summed E-state index contributed by atoms with van der Waals surface area (Å²) in [7, 11) is -2.67. The molecule has 0 aliphatic rings. The molecule has 0 saturated heterocycles. The van der Waals surface area contributed by atoms with Gasteiger partial charge in [-0.2, -0.15) is 0 Å². The topological polar surface area (TPSA) is 53.8 Å². The molecule has 1 unspecified atom stereocenters. The second-order valence-corrected chi connectivity index (χ2v) is 5.18. The van der Waals surface area contributed by atoms with Gasteiger partial charge in [-0.25, -0.2) is 14.0 Å². The van der Waals surface area contributed by atoms with Gasteiger partial charge in [-0.1, -0.05) is 15.9 Å². The van der Waals surface area contributed by atoms with Crippen LogP contribution in [0.5, 0.6) is 0 Å². The molecule has 0 fully saturated rings.